The average Bonchev–Trinajstić information content (AvgIpc) is 3.35. The SMILES string of the molecule is COc1ccc(S(=O)(=O)N(CC(=O)N2CCc3sccc3[C@H]2COc2ccc(F)cc2)C(C)C)cc1. The monoisotopic (exact) mass is 532 g/mol. The van der Waals surface area contributed by atoms with Crippen molar-refractivity contribution in [3.05, 3.63) is 76.2 Å². The molecule has 4 rings (SSSR count). The molecule has 0 aliphatic carbocycles. The number of amides is 1. The van der Waals surface area contributed by atoms with Crippen molar-refractivity contribution in [1.29, 1.82) is 0 Å². The van der Waals surface area contributed by atoms with E-state index in [4.69, 9.17) is 9.47 Å². The van der Waals surface area contributed by atoms with Crippen molar-refractivity contribution >= 4 is 27.3 Å². The van der Waals surface area contributed by atoms with Gasteiger partial charge in [0.05, 0.1) is 24.6 Å². The van der Waals surface area contributed by atoms with Crippen LogP contribution in [0.25, 0.3) is 0 Å². The van der Waals surface area contributed by atoms with E-state index in [1.54, 1.807) is 54.3 Å². The molecule has 36 heavy (non-hydrogen) atoms. The van der Waals surface area contributed by atoms with Gasteiger partial charge in [0, 0.05) is 17.5 Å². The van der Waals surface area contributed by atoms with E-state index < -0.39 is 16.1 Å². The number of carbonyl (C=O) groups excluding carboxylic acids is 1. The van der Waals surface area contributed by atoms with Crippen LogP contribution < -0.4 is 9.47 Å². The average molecular weight is 533 g/mol. The minimum atomic E-state index is -3.92. The van der Waals surface area contributed by atoms with Crippen LogP contribution in [0, 0.1) is 5.82 Å². The molecular weight excluding hydrogens is 503 g/mol. The topological polar surface area (TPSA) is 76.2 Å². The second-order valence-electron chi connectivity index (χ2n) is 8.74. The number of rotatable bonds is 9. The summed E-state index contributed by atoms with van der Waals surface area (Å²) in [5.74, 6) is 0.385. The minimum absolute atomic E-state index is 0.0970. The van der Waals surface area contributed by atoms with Gasteiger partial charge < -0.3 is 14.4 Å². The van der Waals surface area contributed by atoms with Crippen LogP contribution in [0.15, 0.2) is 64.9 Å². The van der Waals surface area contributed by atoms with Gasteiger partial charge in [-0.25, -0.2) is 12.8 Å². The molecular formula is C26H29FN2O5S2. The molecule has 10 heteroatoms. The number of carbonyl (C=O) groups is 1. The summed E-state index contributed by atoms with van der Waals surface area (Å²) in [6.45, 7) is 3.83. The summed E-state index contributed by atoms with van der Waals surface area (Å²) in [5.41, 5.74) is 0.996. The number of thiophene rings is 1. The molecule has 3 aromatic rings. The first-order valence-corrected chi connectivity index (χ1v) is 13.9. The van der Waals surface area contributed by atoms with Crippen LogP contribution in [0.1, 0.15) is 30.3 Å². The van der Waals surface area contributed by atoms with Crippen LogP contribution in [0.5, 0.6) is 11.5 Å². The number of methoxy groups -OCH3 is 1. The van der Waals surface area contributed by atoms with Crippen molar-refractivity contribution < 1.29 is 27.1 Å². The molecule has 1 aromatic heterocycles. The summed E-state index contributed by atoms with van der Waals surface area (Å²) < 4.78 is 52.4. The maximum Gasteiger partial charge on any atom is 0.243 e. The molecule has 1 aliphatic rings. The zero-order chi connectivity index (χ0) is 25.9. The Morgan fingerprint density at radius 1 is 1.11 bits per heavy atom. The largest absolute Gasteiger partial charge is 0.497 e. The van der Waals surface area contributed by atoms with E-state index in [0.29, 0.717) is 24.5 Å². The number of hydrogen-bond acceptors (Lipinski definition) is 6. The molecule has 0 saturated heterocycles. The predicted octanol–water partition coefficient (Wildman–Crippen LogP) is 4.50. The Hall–Kier alpha value is -2.95. The zero-order valence-corrected chi connectivity index (χ0v) is 22.0. The van der Waals surface area contributed by atoms with E-state index in [1.807, 2.05) is 11.4 Å². The Kier molecular flexibility index (Phi) is 7.97. The second-order valence-corrected chi connectivity index (χ2v) is 11.6. The van der Waals surface area contributed by atoms with E-state index in [-0.39, 0.29) is 35.8 Å². The minimum Gasteiger partial charge on any atom is -0.497 e. The van der Waals surface area contributed by atoms with Crippen LogP contribution >= 0.6 is 11.3 Å². The molecule has 0 saturated carbocycles. The fourth-order valence-electron chi connectivity index (χ4n) is 4.23. The van der Waals surface area contributed by atoms with Gasteiger partial charge in [-0.2, -0.15) is 4.31 Å². The number of sulfonamides is 1. The van der Waals surface area contributed by atoms with Crippen molar-refractivity contribution in [1.82, 2.24) is 9.21 Å². The number of hydrogen-bond donors (Lipinski definition) is 0. The fourth-order valence-corrected chi connectivity index (χ4v) is 6.75. The Bertz CT molecular complexity index is 1290. The van der Waals surface area contributed by atoms with Crippen molar-refractivity contribution in [3.8, 4) is 11.5 Å². The van der Waals surface area contributed by atoms with E-state index in [2.05, 4.69) is 0 Å². The Labute approximate surface area is 215 Å². The Morgan fingerprint density at radius 2 is 1.78 bits per heavy atom. The molecule has 1 amide bonds. The van der Waals surface area contributed by atoms with Gasteiger partial charge in [-0.1, -0.05) is 0 Å². The van der Waals surface area contributed by atoms with E-state index in [0.717, 1.165) is 5.56 Å². The number of nitrogens with zero attached hydrogens (tertiary/aromatic N) is 2. The highest BCUT2D eigenvalue weighted by molar-refractivity contribution is 7.89. The lowest BCUT2D eigenvalue weighted by molar-refractivity contribution is -0.135. The summed E-state index contributed by atoms with van der Waals surface area (Å²) in [4.78, 5) is 16.6. The second kappa shape index (κ2) is 11.0. The number of benzene rings is 2. The number of fused-ring (bicyclic) bond motifs is 1. The van der Waals surface area contributed by atoms with Crippen LogP contribution in [-0.2, 0) is 21.2 Å². The lowest BCUT2D eigenvalue weighted by Gasteiger charge is -2.37. The maximum atomic E-state index is 13.6. The van der Waals surface area contributed by atoms with Gasteiger partial charge in [0.15, 0.2) is 0 Å². The van der Waals surface area contributed by atoms with Crippen molar-refractivity contribution in [2.24, 2.45) is 0 Å². The molecule has 0 unspecified atom stereocenters. The fraction of sp³-hybridized carbons (Fsp3) is 0.346. The molecule has 0 spiro atoms. The molecule has 7 nitrogen and oxygen atoms in total. The Morgan fingerprint density at radius 3 is 2.42 bits per heavy atom. The van der Waals surface area contributed by atoms with Gasteiger partial charge in [0.1, 0.15) is 23.9 Å². The van der Waals surface area contributed by atoms with Crippen molar-refractivity contribution in [2.75, 3.05) is 26.8 Å². The quantitative estimate of drug-likeness (QED) is 0.406. The van der Waals surface area contributed by atoms with E-state index in [1.165, 1.54) is 40.6 Å². The standard InChI is InChI=1S/C26H29FN2O5S2/c1-18(2)29(36(31,32)22-10-8-20(33-3)9-11-22)16-26(30)28-14-12-25-23(13-15-35-25)24(28)17-34-21-6-4-19(27)5-7-21/h4-11,13,15,18,24H,12,14,16-17H2,1-3H3/t24-/m1/s1. The van der Waals surface area contributed by atoms with Gasteiger partial charge >= 0.3 is 0 Å². The summed E-state index contributed by atoms with van der Waals surface area (Å²) in [6, 6.07) is 13.0. The molecule has 2 heterocycles. The van der Waals surface area contributed by atoms with Crippen molar-refractivity contribution in [2.45, 2.75) is 37.2 Å². The summed E-state index contributed by atoms with van der Waals surface area (Å²) in [7, 11) is -2.41. The van der Waals surface area contributed by atoms with Crippen LogP contribution in [-0.4, -0.2) is 56.4 Å². The van der Waals surface area contributed by atoms with Crippen molar-refractivity contribution in [3.63, 3.8) is 0 Å². The highest BCUT2D eigenvalue weighted by Crippen LogP contribution is 2.34. The molecule has 0 radical (unpaired) electrons. The normalized spacial score (nSPS) is 15.7. The Balaban J connectivity index is 1.56. The number of halogens is 1. The molecule has 0 fully saturated rings. The summed E-state index contributed by atoms with van der Waals surface area (Å²) in [6.07, 6.45) is 0.693. The third kappa shape index (κ3) is 5.55. The first kappa shape index (κ1) is 26.1. The summed E-state index contributed by atoms with van der Waals surface area (Å²) >= 11 is 1.63. The molecule has 0 bridgehead atoms. The molecule has 1 aliphatic heterocycles. The van der Waals surface area contributed by atoms with Gasteiger partial charge in [0.25, 0.3) is 0 Å². The van der Waals surface area contributed by atoms with Gasteiger partial charge in [-0.15, -0.1) is 11.3 Å². The lowest BCUT2D eigenvalue weighted by atomic mass is 10.0. The third-order valence-electron chi connectivity index (χ3n) is 6.17. The van der Waals surface area contributed by atoms with Crippen LogP contribution in [0.2, 0.25) is 0 Å². The van der Waals surface area contributed by atoms with Gasteiger partial charge in [-0.3, -0.25) is 4.79 Å². The highest BCUT2D eigenvalue weighted by atomic mass is 32.2. The van der Waals surface area contributed by atoms with Crippen LogP contribution in [0.3, 0.4) is 0 Å². The first-order valence-electron chi connectivity index (χ1n) is 11.6. The van der Waals surface area contributed by atoms with Gasteiger partial charge in [0.2, 0.25) is 15.9 Å². The van der Waals surface area contributed by atoms with E-state index in [9.17, 15) is 17.6 Å². The predicted molar refractivity (Wildman–Crippen MR) is 136 cm³/mol. The molecule has 192 valence electrons. The maximum absolute atomic E-state index is 13.6. The first-order chi connectivity index (χ1) is 17.2. The highest BCUT2D eigenvalue weighted by Gasteiger charge is 2.36. The smallest absolute Gasteiger partial charge is 0.243 e. The van der Waals surface area contributed by atoms with Gasteiger partial charge in [-0.05, 0) is 85.8 Å². The third-order valence-corrected chi connectivity index (χ3v) is 9.20. The summed E-state index contributed by atoms with van der Waals surface area (Å²) in [5, 5.41) is 1.98. The van der Waals surface area contributed by atoms with E-state index >= 15 is 0 Å². The number of ether oxygens (including phenoxy) is 2. The molecule has 2 aromatic carbocycles. The van der Waals surface area contributed by atoms with Crippen LogP contribution in [0.4, 0.5) is 4.39 Å². The lowest BCUT2D eigenvalue weighted by Crippen LogP contribution is -2.49. The zero-order valence-electron chi connectivity index (χ0n) is 20.4. The molecule has 0 N–H and O–H groups in total. The molecule has 1 atom stereocenters.